The predicted octanol–water partition coefficient (Wildman–Crippen LogP) is 3.11. The van der Waals surface area contributed by atoms with E-state index < -0.39 is 0 Å². The molecule has 2 heterocycles. The van der Waals surface area contributed by atoms with E-state index in [0.717, 1.165) is 22.6 Å². The van der Waals surface area contributed by atoms with Crippen molar-refractivity contribution in [3.63, 3.8) is 0 Å². The fraction of sp³-hybridized carbons (Fsp3) is 0.100. The fourth-order valence-electron chi connectivity index (χ4n) is 2.38. The van der Waals surface area contributed by atoms with Crippen molar-refractivity contribution in [3.8, 4) is 0 Å². The van der Waals surface area contributed by atoms with Crippen LogP contribution in [0.1, 0.15) is 23.0 Å². The average molecular weight is 361 g/mol. The van der Waals surface area contributed by atoms with Gasteiger partial charge in [0.2, 0.25) is 5.91 Å². The Hall–Kier alpha value is -3.74. The predicted molar refractivity (Wildman–Crippen MR) is 104 cm³/mol. The third-order valence-corrected chi connectivity index (χ3v) is 3.69. The van der Waals surface area contributed by atoms with E-state index in [1.807, 2.05) is 24.3 Å². The molecule has 0 bridgehead atoms. The van der Waals surface area contributed by atoms with Gasteiger partial charge in [0.15, 0.2) is 0 Å². The molecule has 7 heteroatoms. The van der Waals surface area contributed by atoms with Crippen LogP contribution in [0.3, 0.4) is 0 Å². The molecule has 7 nitrogen and oxygen atoms in total. The quantitative estimate of drug-likeness (QED) is 0.627. The van der Waals surface area contributed by atoms with Gasteiger partial charge in [0.25, 0.3) is 5.91 Å². The lowest BCUT2D eigenvalue weighted by atomic mass is 10.2. The fourth-order valence-corrected chi connectivity index (χ4v) is 2.38. The Morgan fingerprint density at radius 2 is 1.56 bits per heavy atom. The van der Waals surface area contributed by atoms with Gasteiger partial charge in [-0.3, -0.25) is 14.6 Å². The number of pyridine rings is 2. The zero-order chi connectivity index (χ0) is 19.1. The van der Waals surface area contributed by atoms with Gasteiger partial charge in [-0.2, -0.15) is 0 Å². The van der Waals surface area contributed by atoms with Crippen LogP contribution in [0.15, 0.2) is 67.1 Å². The summed E-state index contributed by atoms with van der Waals surface area (Å²) in [5, 5.41) is 8.73. The molecule has 0 aliphatic heterocycles. The Morgan fingerprint density at radius 1 is 0.889 bits per heavy atom. The molecule has 136 valence electrons. The number of rotatable bonds is 6. The summed E-state index contributed by atoms with van der Waals surface area (Å²) in [5.41, 5.74) is 3.65. The summed E-state index contributed by atoms with van der Waals surface area (Å²) in [5.74, 6) is -0.351. The van der Waals surface area contributed by atoms with E-state index >= 15 is 0 Å². The van der Waals surface area contributed by atoms with Gasteiger partial charge < -0.3 is 16.0 Å². The van der Waals surface area contributed by atoms with Crippen LogP contribution in [0.2, 0.25) is 0 Å². The largest absolute Gasteiger partial charge is 0.354 e. The van der Waals surface area contributed by atoms with Crippen LogP contribution in [0.5, 0.6) is 0 Å². The number of hydrogen-bond acceptors (Lipinski definition) is 5. The van der Waals surface area contributed by atoms with Crippen LogP contribution < -0.4 is 16.0 Å². The second-order valence-corrected chi connectivity index (χ2v) is 5.85. The van der Waals surface area contributed by atoms with Crippen LogP contribution in [0.4, 0.5) is 17.1 Å². The highest BCUT2D eigenvalue weighted by Gasteiger charge is 2.07. The van der Waals surface area contributed by atoms with E-state index in [1.54, 1.807) is 42.9 Å². The minimum absolute atomic E-state index is 0.113. The normalized spacial score (nSPS) is 10.1. The van der Waals surface area contributed by atoms with Crippen molar-refractivity contribution in [2.45, 2.75) is 13.5 Å². The zero-order valence-electron chi connectivity index (χ0n) is 14.8. The molecule has 0 saturated heterocycles. The number of hydrogen-bond donors (Lipinski definition) is 3. The van der Waals surface area contributed by atoms with Crippen molar-refractivity contribution in [1.82, 2.24) is 15.3 Å². The Morgan fingerprint density at radius 3 is 2.19 bits per heavy atom. The molecular formula is C20H19N5O2. The van der Waals surface area contributed by atoms with Gasteiger partial charge in [-0.1, -0.05) is 0 Å². The number of nitrogens with one attached hydrogen (secondary N) is 3. The SMILES string of the molecule is CC(=O)Nc1ccc(Nc2ccc(C(=O)NCc3ccncc3)nc2)cc1. The van der Waals surface area contributed by atoms with Crippen molar-refractivity contribution in [2.75, 3.05) is 10.6 Å². The minimum atomic E-state index is -0.238. The van der Waals surface area contributed by atoms with Crippen LogP contribution in [-0.2, 0) is 11.3 Å². The topological polar surface area (TPSA) is 96.0 Å². The first-order chi connectivity index (χ1) is 13.1. The average Bonchev–Trinajstić information content (AvgIpc) is 2.69. The van der Waals surface area contributed by atoms with E-state index in [1.165, 1.54) is 6.92 Å². The summed E-state index contributed by atoms with van der Waals surface area (Å²) in [6.45, 7) is 1.89. The lowest BCUT2D eigenvalue weighted by molar-refractivity contribution is -0.114. The van der Waals surface area contributed by atoms with Crippen LogP contribution in [0.25, 0.3) is 0 Å². The van der Waals surface area contributed by atoms with Gasteiger partial charge in [0.1, 0.15) is 5.69 Å². The molecule has 27 heavy (non-hydrogen) atoms. The highest BCUT2D eigenvalue weighted by molar-refractivity contribution is 5.92. The highest BCUT2D eigenvalue weighted by atomic mass is 16.2. The minimum Gasteiger partial charge on any atom is -0.354 e. The smallest absolute Gasteiger partial charge is 0.270 e. The van der Waals surface area contributed by atoms with Crippen LogP contribution >= 0.6 is 0 Å². The molecule has 0 saturated carbocycles. The summed E-state index contributed by atoms with van der Waals surface area (Å²) in [6, 6.07) is 14.4. The van der Waals surface area contributed by atoms with Gasteiger partial charge in [-0.25, -0.2) is 4.98 Å². The molecule has 0 spiro atoms. The molecule has 0 aliphatic rings. The maximum Gasteiger partial charge on any atom is 0.270 e. The van der Waals surface area contributed by atoms with Crippen molar-refractivity contribution in [1.29, 1.82) is 0 Å². The van der Waals surface area contributed by atoms with E-state index in [9.17, 15) is 9.59 Å². The lowest BCUT2D eigenvalue weighted by Crippen LogP contribution is -2.23. The zero-order valence-corrected chi connectivity index (χ0v) is 14.8. The number of carbonyl (C=O) groups is 2. The van der Waals surface area contributed by atoms with Gasteiger partial charge >= 0.3 is 0 Å². The monoisotopic (exact) mass is 361 g/mol. The molecule has 3 N–H and O–H groups in total. The first-order valence-electron chi connectivity index (χ1n) is 8.38. The van der Waals surface area contributed by atoms with Gasteiger partial charge in [-0.05, 0) is 54.1 Å². The number of nitrogens with zero attached hydrogens (tertiary/aromatic N) is 2. The molecule has 0 aliphatic carbocycles. The second-order valence-electron chi connectivity index (χ2n) is 5.85. The Bertz CT molecular complexity index is 909. The number of benzene rings is 1. The Labute approximate surface area is 156 Å². The molecule has 3 aromatic rings. The van der Waals surface area contributed by atoms with E-state index in [0.29, 0.717) is 12.2 Å². The van der Waals surface area contributed by atoms with Crippen molar-refractivity contribution in [3.05, 3.63) is 78.4 Å². The molecule has 0 unspecified atom stereocenters. The standard InChI is InChI=1S/C20H19N5O2/c1-14(26)24-16-2-4-17(5-3-16)25-18-6-7-19(22-13-18)20(27)23-12-15-8-10-21-11-9-15/h2-11,13,25H,12H2,1H3,(H,23,27)(H,24,26). The van der Waals surface area contributed by atoms with E-state index in [2.05, 4.69) is 25.9 Å². The third kappa shape index (κ3) is 5.37. The van der Waals surface area contributed by atoms with Crippen LogP contribution in [0, 0.1) is 0 Å². The van der Waals surface area contributed by atoms with Gasteiger partial charge in [-0.15, -0.1) is 0 Å². The lowest BCUT2D eigenvalue weighted by Gasteiger charge is -2.09. The van der Waals surface area contributed by atoms with Gasteiger partial charge in [0, 0.05) is 37.2 Å². The number of anilines is 3. The molecule has 1 aromatic carbocycles. The first-order valence-corrected chi connectivity index (χ1v) is 8.38. The van der Waals surface area contributed by atoms with E-state index in [4.69, 9.17) is 0 Å². The molecule has 0 fully saturated rings. The maximum atomic E-state index is 12.2. The molecule has 0 radical (unpaired) electrons. The highest BCUT2D eigenvalue weighted by Crippen LogP contribution is 2.18. The molecule has 2 aromatic heterocycles. The van der Waals surface area contributed by atoms with E-state index in [-0.39, 0.29) is 11.8 Å². The summed E-state index contributed by atoms with van der Waals surface area (Å²) >= 11 is 0. The maximum absolute atomic E-state index is 12.2. The molecule has 3 rings (SSSR count). The number of aromatic nitrogens is 2. The van der Waals surface area contributed by atoms with Gasteiger partial charge in [0.05, 0.1) is 11.9 Å². The summed E-state index contributed by atoms with van der Waals surface area (Å²) < 4.78 is 0. The molecule has 0 atom stereocenters. The van der Waals surface area contributed by atoms with Crippen LogP contribution in [-0.4, -0.2) is 21.8 Å². The Balaban J connectivity index is 1.56. The first kappa shape index (κ1) is 18.1. The molecule has 2 amide bonds. The Kier molecular flexibility index (Phi) is 5.73. The second kappa shape index (κ2) is 8.57. The van der Waals surface area contributed by atoms with Crippen molar-refractivity contribution in [2.24, 2.45) is 0 Å². The molecular weight excluding hydrogens is 342 g/mol. The summed E-state index contributed by atoms with van der Waals surface area (Å²) in [6.07, 6.45) is 4.97. The van der Waals surface area contributed by atoms with Crippen molar-refractivity contribution < 1.29 is 9.59 Å². The summed E-state index contributed by atoms with van der Waals surface area (Å²) in [4.78, 5) is 31.3. The number of amides is 2. The van der Waals surface area contributed by atoms with Crippen molar-refractivity contribution >= 4 is 28.9 Å². The summed E-state index contributed by atoms with van der Waals surface area (Å²) in [7, 11) is 0. The number of carbonyl (C=O) groups excluding carboxylic acids is 2. The third-order valence-electron chi connectivity index (χ3n) is 3.69.